The molecule has 0 saturated carbocycles. The van der Waals surface area contributed by atoms with Gasteiger partial charge < -0.3 is 4.90 Å². The van der Waals surface area contributed by atoms with Gasteiger partial charge in [0.05, 0.1) is 10.9 Å². The molecule has 156 valence electrons. The molecular formula is C21H21N3O4S2. The highest BCUT2D eigenvalue weighted by molar-refractivity contribution is 8.00. The van der Waals surface area contributed by atoms with Gasteiger partial charge in [0.15, 0.2) is 0 Å². The van der Waals surface area contributed by atoms with Gasteiger partial charge in [-0.15, -0.1) is 0 Å². The van der Waals surface area contributed by atoms with Gasteiger partial charge in [0.2, 0.25) is 17.7 Å². The fraction of sp³-hybridized carbons (Fsp3) is 0.429. The van der Waals surface area contributed by atoms with Crippen LogP contribution in [0.1, 0.15) is 35.6 Å². The quantitative estimate of drug-likeness (QED) is 0.731. The lowest BCUT2D eigenvalue weighted by Crippen LogP contribution is -2.39. The van der Waals surface area contributed by atoms with E-state index in [1.54, 1.807) is 0 Å². The number of nitrogens with zero attached hydrogens (tertiary/aromatic N) is 2. The molecule has 0 aliphatic carbocycles. The molecule has 0 radical (unpaired) electrons. The molecule has 0 bridgehead atoms. The lowest BCUT2D eigenvalue weighted by atomic mass is 9.83. The molecule has 3 amide bonds. The number of carbonyl (C=O) groups is 3. The topological polar surface area (TPSA) is 88.5 Å². The van der Waals surface area contributed by atoms with E-state index < -0.39 is 11.2 Å². The lowest BCUT2D eigenvalue weighted by Gasteiger charge is -2.31. The van der Waals surface area contributed by atoms with Crippen molar-refractivity contribution in [2.75, 3.05) is 13.1 Å². The van der Waals surface area contributed by atoms with Gasteiger partial charge >= 0.3 is 4.87 Å². The van der Waals surface area contributed by atoms with Crippen LogP contribution in [0.3, 0.4) is 0 Å². The Morgan fingerprint density at radius 3 is 2.50 bits per heavy atom. The van der Waals surface area contributed by atoms with E-state index in [1.807, 2.05) is 35.2 Å². The van der Waals surface area contributed by atoms with E-state index in [1.165, 1.54) is 16.3 Å². The number of aromatic nitrogens is 1. The fourth-order valence-corrected chi connectivity index (χ4v) is 7.31. The second kappa shape index (κ2) is 7.70. The van der Waals surface area contributed by atoms with Gasteiger partial charge in [0.1, 0.15) is 11.8 Å². The largest absolute Gasteiger partial charge is 0.341 e. The molecule has 4 heterocycles. The van der Waals surface area contributed by atoms with Crippen LogP contribution in [0.5, 0.6) is 0 Å². The minimum Gasteiger partial charge on any atom is -0.341 e. The molecule has 2 aromatic rings. The van der Waals surface area contributed by atoms with Crippen LogP contribution in [-0.2, 0) is 20.9 Å². The minimum atomic E-state index is -0.597. The molecule has 5 rings (SSSR count). The number of thioether (sulfide) groups is 1. The third-order valence-electron chi connectivity index (χ3n) is 6.05. The summed E-state index contributed by atoms with van der Waals surface area (Å²) in [7, 11) is 0. The number of thiazole rings is 1. The molecule has 1 aromatic heterocycles. The summed E-state index contributed by atoms with van der Waals surface area (Å²) in [5.41, 5.74) is 0.898. The molecule has 3 unspecified atom stereocenters. The first-order valence-electron chi connectivity index (χ1n) is 10.1. The van der Waals surface area contributed by atoms with Crippen molar-refractivity contribution in [3.05, 3.63) is 50.4 Å². The second-order valence-electron chi connectivity index (χ2n) is 7.87. The zero-order valence-electron chi connectivity index (χ0n) is 16.2. The predicted molar refractivity (Wildman–Crippen MR) is 114 cm³/mol. The number of amides is 3. The number of imide groups is 1. The smallest absolute Gasteiger partial charge is 0.308 e. The molecule has 1 N–H and O–H groups in total. The molecule has 9 heteroatoms. The van der Waals surface area contributed by atoms with Gasteiger partial charge in [-0.25, -0.2) is 0 Å². The Bertz CT molecular complexity index is 1070. The minimum absolute atomic E-state index is 0.0217. The van der Waals surface area contributed by atoms with Crippen LogP contribution < -0.4 is 10.2 Å². The summed E-state index contributed by atoms with van der Waals surface area (Å²) >= 11 is 2.33. The van der Waals surface area contributed by atoms with Crippen LogP contribution in [0.15, 0.2) is 40.2 Å². The van der Waals surface area contributed by atoms with Crippen molar-refractivity contribution in [2.45, 2.75) is 42.0 Å². The Morgan fingerprint density at radius 2 is 1.77 bits per heavy atom. The highest BCUT2D eigenvalue weighted by atomic mass is 32.2. The molecule has 3 aliphatic rings. The average Bonchev–Trinajstić information content (AvgIpc) is 3.23. The van der Waals surface area contributed by atoms with Crippen LogP contribution in [0.25, 0.3) is 0 Å². The van der Waals surface area contributed by atoms with Gasteiger partial charge in [0.25, 0.3) is 0 Å². The standard InChI is InChI=1S/C21H21N3O4S2/c25-13(23-9-5-2-6-10-23)11-24-20-17(30-21(24)28)14(12-7-3-1-4-8-12)15-16(29-20)19(27)22-18(15)26/h1,3-4,7-8,14-16H,2,5-6,9-11H2,(H,22,26,27). The Kier molecular flexibility index (Phi) is 5.02. The Labute approximate surface area is 181 Å². The van der Waals surface area contributed by atoms with E-state index in [4.69, 9.17) is 0 Å². The first-order chi connectivity index (χ1) is 14.5. The van der Waals surface area contributed by atoms with E-state index in [-0.39, 0.29) is 35.1 Å². The molecule has 30 heavy (non-hydrogen) atoms. The number of fused-ring (bicyclic) bond motifs is 2. The van der Waals surface area contributed by atoms with E-state index in [2.05, 4.69) is 5.32 Å². The molecule has 2 saturated heterocycles. The summed E-state index contributed by atoms with van der Waals surface area (Å²) in [4.78, 5) is 53.2. The zero-order chi connectivity index (χ0) is 20.8. The third-order valence-corrected chi connectivity index (χ3v) is 8.66. The van der Waals surface area contributed by atoms with Crippen molar-refractivity contribution >= 4 is 40.8 Å². The number of benzene rings is 1. The van der Waals surface area contributed by atoms with Gasteiger partial charge in [-0.2, -0.15) is 0 Å². The number of hydrogen-bond acceptors (Lipinski definition) is 6. The second-order valence-corrected chi connectivity index (χ2v) is 9.99. The molecule has 2 fully saturated rings. The van der Waals surface area contributed by atoms with Crippen LogP contribution in [0.4, 0.5) is 0 Å². The fourth-order valence-electron chi connectivity index (χ4n) is 4.57. The number of likely N-dealkylation sites (tertiary alicyclic amines) is 1. The number of nitrogens with one attached hydrogen (secondary N) is 1. The highest BCUT2D eigenvalue weighted by Gasteiger charge is 2.52. The van der Waals surface area contributed by atoms with E-state index >= 15 is 0 Å². The number of hydrogen-bond donors (Lipinski definition) is 1. The van der Waals surface area contributed by atoms with E-state index in [0.717, 1.165) is 54.1 Å². The SMILES string of the molecule is O=C1NC(=O)C2C1Sc1c(sc(=O)n1CC(=O)N1CCCCC1)C2c1ccccc1. The number of piperidine rings is 1. The van der Waals surface area contributed by atoms with Crippen molar-refractivity contribution in [1.29, 1.82) is 0 Å². The Morgan fingerprint density at radius 1 is 1.03 bits per heavy atom. The zero-order valence-corrected chi connectivity index (χ0v) is 17.8. The maximum Gasteiger partial charge on any atom is 0.308 e. The average molecular weight is 444 g/mol. The van der Waals surface area contributed by atoms with Crippen LogP contribution >= 0.6 is 23.1 Å². The molecule has 3 atom stereocenters. The van der Waals surface area contributed by atoms with Gasteiger partial charge in [-0.3, -0.25) is 29.1 Å². The van der Waals surface area contributed by atoms with E-state index in [0.29, 0.717) is 5.03 Å². The van der Waals surface area contributed by atoms with Gasteiger partial charge in [0, 0.05) is 23.9 Å². The molecule has 3 aliphatic heterocycles. The van der Waals surface area contributed by atoms with Crippen molar-refractivity contribution < 1.29 is 14.4 Å². The van der Waals surface area contributed by atoms with Crippen molar-refractivity contribution in [3.63, 3.8) is 0 Å². The summed E-state index contributed by atoms with van der Waals surface area (Å²) < 4.78 is 1.50. The first kappa shape index (κ1) is 19.6. The molecular weight excluding hydrogens is 422 g/mol. The third kappa shape index (κ3) is 3.20. The molecule has 0 spiro atoms. The Balaban J connectivity index is 1.56. The maximum absolute atomic E-state index is 12.9. The van der Waals surface area contributed by atoms with Crippen molar-refractivity contribution in [1.82, 2.24) is 14.8 Å². The Hall–Kier alpha value is -2.39. The van der Waals surface area contributed by atoms with Gasteiger partial charge in [-0.1, -0.05) is 53.4 Å². The summed E-state index contributed by atoms with van der Waals surface area (Å²) in [5, 5.41) is 2.50. The molecule has 7 nitrogen and oxygen atoms in total. The normalized spacial score (nSPS) is 25.6. The van der Waals surface area contributed by atoms with E-state index in [9.17, 15) is 19.2 Å². The summed E-state index contributed by atoms with van der Waals surface area (Å²) in [6.07, 6.45) is 3.09. The van der Waals surface area contributed by atoms with Crippen LogP contribution in [0.2, 0.25) is 0 Å². The summed E-state index contributed by atoms with van der Waals surface area (Å²) in [6, 6.07) is 9.51. The van der Waals surface area contributed by atoms with Gasteiger partial charge in [-0.05, 0) is 24.8 Å². The highest BCUT2D eigenvalue weighted by Crippen LogP contribution is 2.51. The monoisotopic (exact) mass is 443 g/mol. The predicted octanol–water partition coefficient (Wildman–Crippen LogP) is 1.80. The van der Waals surface area contributed by atoms with Crippen LogP contribution in [0, 0.1) is 5.92 Å². The summed E-state index contributed by atoms with van der Waals surface area (Å²) in [6.45, 7) is 1.43. The number of rotatable bonds is 3. The number of carbonyl (C=O) groups excluding carboxylic acids is 3. The van der Waals surface area contributed by atoms with Crippen LogP contribution in [-0.4, -0.2) is 45.5 Å². The first-order valence-corrected chi connectivity index (χ1v) is 11.8. The van der Waals surface area contributed by atoms with Crippen molar-refractivity contribution in [3.8, 4) is 0 Å². The maximum atomic E-state index is 12.9. The molecule has 1 aromatic carbocycles. The lowest BCUT2D eigenvalue weighted by molar-refractivity contribution is -0.133. The summed E-state index contributed by atoms with van der Waals surface area (Å²) in [5.74, 6) is -1.61. The van der Waals surface area contributed by atoms with Crippen molar-refractivity contribution in [2.24, 2.45) is 5.92 Å².